The summed E-state index contributed by atoms with van der Waals surface area (Å²) in [6.07, 6.45) is 1.62. The first-order chi connectivity index (χ1) is 9.55. The van der Waals surface area contributed by atoms with Crippen LogP contribution in [0.1, 0.15) is 30.9 Å². The molecule has 1 atom stereocenters. The van der Waals surface area contributed by atoms with Gasteiger partial charge in [-0.1, -0.05) is 17.9 Å². The van der Waals surface area contributed by atoms with Gasteiger partial charge in [-0.15, -0.1) is 0 Å². The van der Waals surface area contributed by atoms with Crippen LogP contribution in [0.15, 0.2) is 18.2 Å². The van der Waals surface area contributed by atoms with Crippen LogP contribution >= 0.6 is 0 Å². The molecular weight excluding hydrogens is 254 g/mol. The first-order valence-corrected chi connectivity index (χ1v) is 6.71. The van der Waals surface area contributed by atoms with Crippen molar-refractivity contribution in [3.63, 3.8) is 0 Å². The van der Waals surface area contributed by atoms with Gasteiger partial charge in [0.2, 0.25) is 0 Å². The lowest BCUT2D eigenvalue weighted by Gasteiger charge is -2.22. The first-order valence-electron chi connectivity index (χ1n) is 6.71. The van der Waals surface area contributed by atoms with Gasteiger partial charge in [0, 0.05) is 12.2 Å². The molecule has 1 unspecified atom stereocenters. The normalized spacial score (nSPS) is 21.1. The van der Waals surface area contributed by atoms with E-state index in [4.69, 9.17) is 9.84 Å². The lowest BCUT2D eigenvalue weighted by molar-refractivity contribution is -0.133. The third-order valence-electron chi connectivity index (χ3n) is 3.42. The minimum Gasteiger partial charge on any atom is -0.384 e. The van der Waals surface area contributed by atoms with E-state index in [1.807, 2.05) is 32.0 Å². The number of amides is 1. The Morgan fingerprint density at radius 2 is 2.35 bits per heavy atom. The van der Waals surface area contributed by atoms with Gasteiger partial charge in [0.15, 0.2) is 0 Å². The van der Waals surface area contributed by atoms with Crippen molar-refractivity contribution in [1.29, 1.82) is 0 Å². The van der Waals surface area contributed by atoms with Crippen LogP contribution in [0.2, 0.25) is 0 Å². The maximum Gasteiger partial charge on any atom is 0.256 e. The second kappa shape index (κ2) is 6.08. The van der Waals surface area contributed by atoms with Gasteiger partial charge in [-0.25, -0.2) is 0 Å². The number of benzene rings is 1. The van der Waals surface area contributed by atoms with Gasteiger partial charge in [-0.05, 0) is 44.4 Å². The molecule has 2 rings (SSSR count). The smallest absolute Gasteiger partial charge is 0.256 e. The number of hydrogen-bond acceptors (Lipinski definition) is 3. The zero-order valence-electron chi connectivity index (χ0n) is 11.8. The van der Waals surface area contributed by atoms with Crippen molar-refractivity contribution in [3.05, 3.63) is 29.3 Å². The predicted octanol–water partition coefficient (Wildman–Crippen LogP) is 1.85. The van der Waals surface area contributed by atoms with Crippen molar-refractivity contribution in [1.82, 2.24) is 0 Å². The Labute approximate surface area is 119 Å². The first kappa shape index (κ1) is 14.6. The Morgan fingerprint density at radius 1 is 1.55 bits per heavy atom. The Morgan fingerprint density at radius 3 is 3.00 bits per heavy atom. The fourth-order valence-electron chi connectivity index (χ4n) is 2.22. The van der Waals surface area contributed by atoms with Gasteiger partial charge in [-0.3, -0.25) is 4.79 Å². The molecule has 0 spiro atoms. The van der Waals surface area contributed by atoms with Crippen LogP contribution < -0.4 is 5.32 Å². The summed E-state index contributed by atoms with van der Waals surface area (Å²) in [5.74, 6) is 5.30. The number of aryl methyl sites for hydroxylation is 1. The topological polar surface area (TPSA) is 58.6 Å². The Balaban J connectivity index is 2.23. The molecule has 1 heterocycles. The van der Waals surface area contributed by atoms with E-state index in [1.54, 1.807) is 0 Å². The summed E-state index contributed by atoms with van der Waals surface area (Å²) in [6.45, 7) is 4.17. The average molecular weight is 273 g/mol. The van der Waals surface area contributed by atoms with E-state index in [-0.39, 0.29) is 12.5 Å². The van der Waals surface area contributed by atoms with E-state index >= 15 is 0 Å². The highest BCUT2D eigenvalue weighted by Crippen LogP contribution is 2.27. The van der Waals surface area contributed by atoms with Gasteiger partial charge in [0.25, 0.3) is 5.91 Å². The Kier molecular flexibility index (Phi) is 4.43. The minimum absolute atomic E-state index is 0.146. The standard InChI is InChI=1S/C16H19NO3/c1-12-6-7-13(5-3-9-18)14(11-12)17-15(19)16(2)8-4-10-20-16/h6-7,11,18H,4,8-10H2,1-2H3,(H,17,19). The number of carbonyl (C=O) groups is 1. The molecule has 4 heteroatoms. The van der Waals surface area contributed by atoms with Crippen LogP contribution in [0.25, 0.3) is 0 Å². The zero-order chi connectivity index (χ0) is 14.6. The van der Waals surface area contributed by atoms with E-state index in [1.165, 1.54) is 0 Å². The molecule has 1 aromatic rings. The third-order valence-corrected chi connectivity index (χ3v) is 3.42. The summed E-state index contributed by atoms with van der Waals surface area (Å²) < 4.78 is 5.54. The van der Waals surface area contributed by atoms with Gasteiger partial charge >= 0.3 is 0 Å². The van der Waals surface area contributed by atoms with E-state index in [0.717, 1.165) is 18.4 Å². The highest BCUT2D eigenvalue weighted by atomic mass is 16.5. The van der Waals surface area contributed by atoms with Crippen molar-refractivity contribution in [3.8, 4) is 11.8 Å². The van der Waals surface area contributed by atoms with Gasteiger partial charge in [0.05, 0.1) is 5.69 Å². The van der Waals surface area contributed by atoms with Crippen LogP contribution in [-0.2, 0) is 9.53 Å². The molecular formula is C16H19NO3. The molecule has 0 aliphatic carbocycles. The van der Waals surface area contributed by atoms with Gasteiger partial charge < -0.3 is 15.2 Å². The SMILES string of the molecule is Cc1ccc(C#CCO)c(NC(=O)C2(C)CCCO2)c1. The quantitative estimate of drug-likeness (QED) is 0.808. The maximum atomic E-state index is 12.3. The summed E-state index contributed by atoms with van der Waals surface area (Å²) in [5.41, 5.74) is 1.63. The molecule has 20 heavy (non-hydrogen) atoms. The van der Waals surface area contributed by atoms with Gasteiger partial charge in [-0.2, -0.15) is 0 Å². The summed E-state index contributed by atoms with van der Waals surface area (Å²) in [6, 6.07) is 5.63. The van der Waals surface area contributed by atoms with E-state index in [9.17, 15) is 4.79 Å². The van der Waals surface area contributed by atoms with E-state index in [2.05, 4.69) is 17.2 Å². The maximum absolute atomic E-state index is 12.3. The molecule has 1 amide bonds. The number of anilines is 1. The molecule has 1 aliphatic rings. The second-order valence-electron chi connectivity index (χ2n) is 5.15. The van der Waals surface area contributed by atoms with Crippen LogP contribution in [0.3, 0.4) is 0 Å². The summed E-state index contributed by atoms with van der Waals surface area (Å²) >= 11 is 0. The van der Waals surface area contributed by atoms with Crippen molar-refractivity contribution in [2.24, 2.45) is 0 Å². The van der Waals surface area contributed by atoms with Crippen molar-refractivity contribution in [2.75, 3.05) is 18.5 Å². The molecule has 1 fully saturated rings. The summed E-state index contributed by atoms with van der Waals surface area (Å²) in [5, 5.41) is 11.7. The second-order valence-corrected chi connectivity index (χ2v) is 5.15. The zero-order valence-corrected chi connectivity index (χ0v) is 11.8. The molecule has 4 nitrogen and oxygen atoms in total. The number of nitrogens with one attached hydrogen (secondary N) is 1. The van der Waals surface area contributed by atoms with E-state index in [0.29, 0.717) is 17.9 Å². The summed E-state index contributed by atoms with van der Waals surface area (Å²) in [7, 11) is 0. The highest BCUT2D eigenvalue weighted by Gasteiger charge is 2.37. The molecule has 2 N–H and O–H groups in total. The lowest BCUT2D eigenvalue weighted by Crippen LogP contribution is -2.39. The fraction of sp³-hybridized carbons (Fsp3) is 0.438. The molecule has 1 saturated heterocycles. The number of hydrogen-bond donors (Lipinski definition) is 2. The van der Waals surface area contributed by atoms with Crippen molar-refractivity contribution < 1.29 is 14.6 Å². The van der Waals surface area contributed by atoms with Crippen LogP contribution in [-0.4, -0.2) is 29.8 Å². The van der Waals surface area contributed by atoms with Crippen LogP contribution in [0, 0.1) is 18.8 Å². The average Bonchev–Trinajstić information content (AvgIpc) is 2.86. The number of rotatable bonds is 2. The molecule has 0 radical (unpaired) electrons. The van der Waals surface area contributed by atoms with Gasteiger partial charge in [0.1, 0.15) is 12.2 Å². The molecule has 106 valence electrons. The Bertz CT molecular complexity index is 563. The molecule has 0 bridgehead atoms. The largest absolute Gasteiger partial charge is 0.384 e. The minimum atomic E-state index is -0.759. The molecule has 0 aromatic heterocycles. The monoisotopic (exact) mass is 273 g/mol. The van der Waals surface area contributed by atoms with Crippen molar-refractivity contribution in [2.45, 2.75) is 32.3 Å². The van der Waals surface area contributed by atoms with Crippen molar-refractivity contribution >= 4 is 11.6 Å². The fourth-order valence-corrected chi connectivity index (χ4v) is 2.22. The predicted molar refractivity (Wildman–Crippen MR) is 77.4 cm³/mol. The number of ether oxygens (including phenoxy) is 1. The Hall–Kier alpha value is -1.83. The number of aliphatic hydroxyl groups is 1. The highest BCUT2D eigenvalue weighted by molar-refractivity contribution is 5.98. The molecule has 1 aliphatic heterocycles. The molecule has 1 aromatic carbocycles. The number of carbonyl (C=O) groups excluding carboxylic acids is 1. The van der Waals surface area contributed by atoms with E-state index < -0.39 is 5.60 Å². The van der Waals surface area contributed by atoms with Crippen LogP contribution in [0.4, 0.5) is 5.69 Å². The molecule has 0 saturated carbocycles. The summed E-state index contributed by atoms with van der Waals surface area (Å²) in [4.78, 5) is 12.3. The third kappa shape index (κ3) is 3.19. The van der Waals surface area contributed by atoms with Crippen LogP contribution in [0.5, 0.6) is 0 Å². The lowest BCUT2D eigenvalue weighted by atomic mass is 10.0. The number of aliphatic hydroxyl groups excluding tert-OH is 1.